The lowest BCUT2D eigenvalue weighted by Crippen LogP contribution is -2.25. The Morgan fingerprint density at radius 2 is 2.00 bits per heavy atom. The molecule has 1 N–H and O–H groups in total. The van der Waals surface area contributed by atoms with Crippen LogP contribution in [0.2, 0.25) is 0 Å². The van der Waals surface area contributed by atoms with Crippen molar-refractivity contribution in [3.8, 4) is 27.8 Å². The predicted octanol–water partition coefficient (Wildman–Crippen LogP) is 3.49. The number of rotatable bonds is 4. The zero-order valence-corrected chi connectivity index (χ0v) is 15.3. The molecule has 0 spiro atoms. The van der Waals surface area contributed by atoms with Gasteiger partial charge in [-0.2, -0.15) is 0 Å². The van der Waals surface area contributed by atoms with Crippen LogP contribution in [-0.4, -0.2) is 34.5 Å². The third-order valence-electron chi connectivity index (χ3n) is 3.80. The summed E-state index contributed by atoms with van der Waals surface area (Å²) >= 11 is 1.06. The number of benzene rings is 1. The Labute approximate surface area is 161 Å². The van der Waals surface area contributed by atoms with Gasteiger partial charge >= 0.3 is 6.29 Å². The van der Waals surface area contributed by atoms with Crippen LogP contribution in [0.5, 0.6) is 16.7 Å². The van der Waals surface area contributed by atoms with Crippen LogP contribution in [-0.2, 0) is 0 Å². The number of aromatic nitrogens is 3. The summed E-state index contributed by atoms with van der Waals surface area (Å²) in [5, 5.41) is 10.7. The number of nitrogens with one attached hydrogen (secondary N) is 1. The molecule has 0 bridgehead atoms. The van der Waals surface area contributed by atoms with E-state index in [1.807, 2.05) is 0 Å². The van der Waals surface area contributed by atoms with Gasteiger partial charge in [-0.1, -0.05) is 11.2 Å². The van der Waals surface area contributed by atoms with E-state index in [9.17, 15) is 13.6 Å². The minimum Gasteiger partial charge on any atom is -0.472 e. The second-order valence-corrected chi connectivity index (χ2v) is 6.67. The zero-order chi connectivity index (χ0) is 19.9. The number of fused-ring (bicyclic) bond motifs is 1. The molecule has 4 rings (SSSR count). The summed E-state index contributed by atoms with van der Waals surface area (Å²) in [6.07, 6.45) is -2.32. The Morgan fingerprint density at radius 1 is 1.21 bits per heavy atom. The minimum atomic E-state index is -3.72. The molecule has 3 aromatic rings. The van der Waals surface area contributed by atoms with Crippen molar-refractivity contribution in [2.24, 2.45) is 0 Å². The number of alkyl halides is 2. The van der Waals surface area contributed by atoms with E-state index in [1.54, 1.807) is 19.1 Å². The molecule has 144 valence electrons. The maximum Gasteiger partial charge on any atom is 0.586 e. The molecule has 2 aromatic heterocycles. The summed E-state index contributed by atoms with van der Waals surface area (Å²) in [6.45, 7) is 1.75. The number of ether oxygens (including phenoxy) is 3. The second-order valence-electron chi connectivity index (χ2n) is 5.73. The molecule has 3 heterocycles. The maximum atomic E-state index is 13.3. The van der Waals surface area contributed by atoms with Crippen molar-refractivity contribution in [3.05, 3.63) is 41.7 Å². The predicted molar refractivity (Wildman–Crippen MR) is 95.0 cm³/mol. The van der Waals surface area contributed by atoms with Gasteiger partial charge in [0.15, 0.2) is 11.5 Å². The molecular weight excluding hydrogens is 394 g/mol. The Balaban J connectivity index is 1.69. The number of pyridine rings is 1. The van der Waals surface area contributed by atoms with Gasteiger partial charge in [0.1, 0.15) is 0 Å². The van der Waals surface area contributed by atoms with Crippen molar-refractivity contribution in [3.63, 3.8) is 0 Å². The SMILES string of the molecule is COc1nnc(NC(=O)c2cnc(C)cc2-c2ccc3c(c2)OC(F)(F)O3)s1. The van der Waals surface area contributed by atoms with Crippen molar-refractivity contribution in [1.29, 1.82) is 0 Å². The zero-order valence-electron chi connectivity index (χ0n) is 14.5. The molecule has 0 saturated carbocycles. The molecular formula is C17H12F2N4O4S. The lowest BCUT2D eigenvalue weighted by molar-refractivity contribution is -0.286. The first-order valence-electron chi connectivity index (χ1n) is 7.90. The molecule has 0 unspecified atom stereocenters. The van der Waals surface area contributed by atoms with Crippen LogP contribution in [0.15, 0.2) is 30.5 Å². The van der Waals surface area contributed by atoms with Crippen molar-refractivity contribution in [1.82, 2.24) is 15.2 Å². The molecule has 1 aromatic carbocycles. The number of nitrogens with zero attached hydrogens (tertiary/aromatic N) is 3. The molecule has 1 aliphatic heterocycles. The quantitative estimate of drug-likeness (QED) is 0.709. The number of aryl methyl sites for hydroxylation is 1. The average Bonchev–Trinajstić information content (AvgIpc) is 3.22. The van der Waals surface area contributed by atoms with Gasteiger partial charge in [0, 0.05) is 11.9 Å². The smallest absolute Gasteiger partial charge is 0.472 e. The normalized spacial score (nSPS) is 14.0. The minimum absolute atomic E-state index is 0.0773. The first kappa shape index (κ1) is 18.0. The van der Waals surface area contributed by atoms with Gasteiger partial charge in [-0.3, -0.25) is 15.1 Å². The third-order valence-corrected chi connectivity index (χ3v) is 4.60. The number of carbonyl (C=O) groups is 1. The Hall–Kier alpha value is -3.34. The topological polar surface area (TPSA) is 95.5 Å². The number of hydrogen-bond donors (Lipinski definition) is 1. The van der Waals surface area contributed by atoms with Gasteiger partial charge in [-0.25, -0.2) is 0 Å². The van der Waals surface area contributed by atoms with E-state index in [2.05, 4.69) is 30.0 Å². The number of halogens is 2. The highest BCUT2D eigenvalue weighted by molar-refractivity contribution is 7.17. The molecule has 0 fully saturated rings. The first-order chi connectivity index (χ1) is 13.3. The van der Waals surface area contributed by atoms with Gasteiger partial charge in [0.2, 0.25) is 5.13 Å². The summed E-state index contributed by atoms with van der Waals surface area (Å²) in [5.41, 5.74) is 1.85. The van der Waals surface area contributed by atoms with E-state index in [0.717, 1.165) is 11.3 Å². The van der Waals surface area contributed by atoms with Crippen molar-refractivity contribution < 1.29 is 27.8 Å². The van der Waals surface area contributed by atoms with E-state index in [1.165, 1.54) is 25.4 Å². The third kappa shape index (κ3) is 3.43. The fourth-order valence-corrected chi connectivity index (χ4v) is 3.16. The fraction of sp³-hybridized carbons (Fsp3) is 0.176. The van der Waals surface area contributed by atoms with Crippen LogP contribution in [0.25, 0.3) is 11.1 Å². The highest BCUT2D eigenvalue weighted by Gasteiger charge is 2.43. The highest BCUT2D eigenvalue weighted by Crippen LogP contribution is 2.43. The van der Waals surface area contributed by atoms with E-state index in [-0.39, 0.29) is 22.2 Å². The first-order valence-corrected chi connectivity index (χ1v) is 8.72. The van der Waals surface area contributed by atoms with Crippen molar-refractivity contribution in [2.75, 3.05) is 12.4 Å². The molecule has 1 aliphatic rings. The molecule has 0 saturated heterocycles. The lowest BCUT2D eigenvalue weighted by atomic mass is 9.99. The van der Waals surface area contributed by atoms with Crippen LogP contribution >= 0.6 is 11.3 Å². The monoisotopic (exact) mass is 406 g/mol. The van der Waals surface area contributed by atoms with Gasteiger partial charge in [-0.15, -0.1) is 13.9 Å². The number of hydrogen-bond acceptors (Lipinski definition) is 8. The molecule has 0 aliphatic carbocycles. The van der Waals surface area contributed by atoms with Gasteiger partial charge < -0.3 is 14.2 Å². The summed E-state index contributed by atoms with van der Waals surface area (Å²) in [6, 6.07) is 5.98. The largest absolute Gasteiger partial charge is 0.586 e. The Bertz CT molecular complexity index is 1070. The number of methoxy groups -OCH3 is 1. The summed E-state index contributed by atoms with van der Waals surface area (Å²) < 4.78 is 40.4. The van der Waals surface area contributed by atoms with Crippen molar-refractivity contribution >= 4 is 22.4 Å². The van der Waals surface area contributed by atoms with Crippen LogP contribution in [0.1, 0.15) is 16.1 Å². The average molecular weight is 406 g/mol. The highest BCUT2D eigenvalue weighted by atomic mass is 32.1. The molecule has 1 amide bonds. The van der Waals surface area contributed by atoms with Crippen LogP contribution < -0.4 is 19.5 Å². The summed E-state index contributed by atoms with van der Waals surface area (Å²) in [7, 11) is 1.44. The lowest BCUT2D eigenvalue weighted by Gasteiger charge is -2.10. The van der Waals surface area contributed by atoms with Gasteiger partial charge in [-0.05, 0) is 47.6 Å². The number of carbonyl (C=O) groups excluding carboxylic acids is 1. The van der Waals surface area contributed by atoms with Crippen LogP contribution in [0.3, 0.4) is 0 Å². The molecule has 0 atom stereocenters. The number of amides is 1. The van der Waals surface area contributed by atoms with Crippen LogP contribution in [0, 0.1) is 6.92 Å². The molecule has 11 heteroatoms. The van der Waals surface area contributed by atoms with E-state index < -0.39 is 12.2 Å². The molecule has 28 heavy (non-hydrogen) atoms. The van der Waals surface area contributed by atoms with Gasteiger partial charge in [0.05, 0.1) is 12.7 Å². The Morgan fingerprint density at radius 3 is 2.75 bits per heavy atom. The van der Waals surface area contributed by atoms with E-state index in [4.69, 9.17) is 4.74 Å². The van der Waals surface area contributed by atoms with Crippen LogP contribution in [0.4, 0.5) is 13.9 Å². The fourth-order valence-electron chi connectivity index (χ4n) is 2.60. The van der Waals surface area contributed by atoms with Gasteiger partial charge in [0.25, 0.3) is 11.1 Å². The molecule has 0 radical (unpaired) electrons. The van der Waals surface area contributed by atoms with E-state index in [0.29, 0.717) is 22.0 Å². The summed E-state index contributed by atoms with van der Waals surface area (Å²) in [5.74, 6) is -0.673. The second kappa shape index (κ2) is 6.68. The standard InChI is InChI=1S/C17H12F2N4O4S/c1-8-5-10(9-3-4-12-13(6-9)27-17(18,19)26-12)11(7-20-8)14(24)21-15-22-23-16(25-2)28-15/h3-7H,1-2H3,(H,21,22,24). The van der Waals surface area contributed by atoms with Crippen molar-refractivity contribution in [2.45, 2.75) is 13.2 Å². The molecule has 8 nitrogen and oxygen atoms in total. The number of anilines is 1. The Kier molecular flexibility index (Phi) is 4.30. The maximum absolute atomic E-state index is 13.3. The summed E-state index contributed by atoms with van der Waals surface area (Å²) in [4.78, 5) is 16.9. The van der Waals surface area contributed by atoms with E-state index >= 15 is 0 Å².